The molecule has 35 heavy (non-hydrogen) atoms. The Kier molecular flexibility index (Phi) is 7.67. The highest BCUT2D eigenvalue weighted by Gasteiger charge is 2.32. The molecule has 2 aliphatic rings. The lowest BCUT2D eigenvalue weighted by Crippen LogP contribution is -2.51. The molecule has 0 bridgehead atoms. The Morgan fingerprint density at radius 2 is 2.00 bits per heavy atom. The van der Waals surface area contributed by atoms with Gasteiger partial charge in [0.25, 0.3) is 5.91 Å². The van der Waals surface area contributed by atoms with Crippen LogP contribution in [0.5, 0.6) is 5.75 Å². The van der Waals surface area contributed by atoms with Crippen LogP contribution in [0.2, 0.25) is 0 Å². The van der Waals surface area contributed by atoms with Gasteiger partial charge in [0, 0.05) is 44.0 Å². The van der Waals surface area contributed by atoms with Crippen molar-refractivity contribution in [3.05, 3.63) is 46.6 Å². The smallest absolute Gasteiger partial charge is 0.267 e. The van der Waals surface area contributed by atoms with E-state index in [9.17, 15) is 14.7 Å². The summed E-state index contributed by atoms with van der Waals surface area (Å²) in [5.41, 5.74) is 7.96. The number of piperazine rings is 1. The molecule has 0 spiro atoms. The number of aromatic hydroxyl groups is 1. The number of phenolic OH excluding ortho intramolecular Hbond substituents is 1. The lowest BCUT2D eigenvalue weighted by atomic mass is 10.1. The summed E-state index contributed by atoms with van der Waals surface area (Å²) in [5.74, 6) is 0.0388. The number of thiazole rings is 1. The molecule has 0 radical (unpaired) electrons. The molecule has 10 nitrogen and oxygen atoms in total. The van der Waals surface area contributed by atoms with Crippen LogP contribution in [0.3, 0.4) is 0 Å². The van der Waals surface area contributed by atoms with Crippen LogP contribution < -0.4 is 16.4 Å². The first-order valence-electron chi connectivity index (χ1n) is 11.6. The van der Waals surface area contributed by atoms with E-state index in [0.717, 1.165) is 49.1 Å². The number of carbonyl (C=O) groups is 2. The summed E-state index contributed by atoms with van der Waals surface area (Å²) in [6.45, 7) is 7.24. The Morgan fingerprint density at radius 1 is 1.26 bits per heavy atom. The molecule has 1 aromatic carbocycles. The first-order chi connectivity index (χ1) is 16.8. The highest BCUT2D eigenvalue weighted by Crippen LogP contribution is 2.30. The minimum absolute atomic E-state index is 0.0633. The van der Waals surface area contributed by atoms with Gasteiger partial charge >= 0.3 is 0 Å². The molecule has 1 aliphatic carbocycles. The molecule has 2 fully saturated rings. The standard InChI is InChI=1S/C24H31N7O3S/c1-15-3-6-18(32)16(2)22(15)29-23(34)19-13-27-24(35-19)28-20(25)7-8-26-14-21(33)31-11-9-30(10-12-31)17-4-5-17/h3,6-8,13,17,26,32H,4-5,9-12,14H2,1-2H3,(H,29,34)(H2,25,27,28)/b8-7-. The summed E-state index contributed by atoms with van der Waals surface area (Å²) in [6.07, 6.45) is 7.16. The van der Waals surface area contributed by atoms with E-state index in [1.807, 2.05) is 11.8 Å². The summed E-state index contributed by atoms with van der Waals surface area (Å²) in [7, 11) is 0. The zero-order chi connectivity index (χ0) is 24.9. The monoisotopic (exact) mass is 497 g/mol. The maximum atomic E-state index is 12.6. The number of nitrogens with one attached hydrogen (secondary N) is 2. The fourth-order valence-corrected chi connectivity index (χ4v) is 4.65. The third kappa shape index (κ3) is 6.37. The summed E-state index contributed by atoms with van der Waals surface area (Å²) < 4.78 is 0. The number of amides is 2. The quantitative estimate of drug-likeness (QED) is 0.324. The number of aryl methyl sites for hydroxylation is 1. The van der Waals surface area contributed by atoms with E-state index in [1.165, 1.54) is 19.0 Å². The van der Waals surface area contributed by atoms with Gasteiger partial charge < -0.3 is 26.4 Å². The minimum atomic E-state index is -0.340. The Morgan fingerprint density at radius 3 is 2.71 bits per heavy atom. The Bertz CT molecular complexity index is 1150. The van der Waals surface area contributed by atoms with E-state index in [0.29, 0.717) is 21.3 Å². The molecule has 4 rings (SSSR count). The molecule has 1 aliphatic heterocycles. The maximum Gasteiger partial charge on any atom is 0.267 e. The normalized spacial score (nSPS) is 17.1. The van der Waals surface area contributed by atoms with Crippen molar-refractivity contribution in [2.45, 2.75) is 32.7 Å². The summed E-state index contributed by atoms with van der Waals surface area (Å²) in [6, 6.07) is 4.08. The molecule has 0 unspecified atom stereocenters. The number of carbonyl (C=O) groups excluding carboxylic acids is 2. The highest BCUT2D eigenvalue weighted by atomic mass is 32.1. The van der Waals surface area contributed by atoms with Gasteiger partial charge in [0.2, 0.25) is 11.0 Å². The van der Waals surface area contributed by atoms with Gasteiger partial charge in [0.1, 0.15) is 16.5 Å². The number of nitrogens with two attached hydrogens (primary N) is 1. The van der Waals surface area contributed by atoms with E-state index < -0.39 is 0 Å². The SMILES string of the molecule is Cc1ccc(O)c(C)c1NC(=O)c1cnc(/N=C(N)\C=C/NCC(=O)N2CCN(C3CC3)CC2)s1. The van der Waals surface area contributed by atoms with Crippen molar-refractivity contribution in [1.82, 2.24) is 20.1 Å². The lowest BCUT2D eigenvalue weighted by molar-refractivity contribution is -0.131. The fraction of sp³-hybridized carbons (Fsp3) is 0.417. The third-order valence-electron chi connectivity index (χ3n) is 6.18. The van der Waals surface area contributed by atoms with Gasteiger partial charge in [-0.2, -0.15) is 0 Å². The van der Waals surface area contributed by atoms with E-state index in [2.05, 4.69) is 25.5 Å². The first kappa shape index (κ1) is 24.7. The minimum Gasteiger partial charge on any atom is -0.508 e. The summed E-state index contributed by atoms with van der Waals surface area (Å²) in [4.78, 5) is 38.1. The van der Waals surface area contributed by atoms with Gasteiger partial charge in [0.05, 0.1) is 18.4 Å². The second-order valence-corrected chi connectivity index (χ2v) is 9.77. The Balaban J connectivity index is 1.25. The number of amidine groups is 1. The number of aliphatic imine (C=N–C) groups is 1. The molecule has 0 atom stereocenters. The van der Waals surface area contributed by atoms with Crippen molar-refractivity contribution in [3.8, 4) is 5.75 Å². The zero-order valence-corrected chi connectivity index (χ0v) is 20.8. The summed E-state index contributed by atoms with van der Waals surface area (Å²) >= 11 is 1.10. The Labute approximate surface area is 208 Å². The second-order valence-electron chi connectivity index (χ2n) is 8.76. The lowest BCUT2D eigenvalue weighted by Gasteiger charge is -2.34. The number of phenols is 1. The molecule has 1 saturated carbocycles. The number of rotatable bonds is 8. The zero-order valence-electron chi connectivity index (χ0n) is 20.0. The van der Waals surface area contributed by atoms with Crippen molar-refractivity contribution >= 4 is 39.8 Å². The van der Waals surface area contributed by atoms with Gasteiger partial charge in [-0.1, -0.05) is 17.4 Å². The molecule has 2 aromatic rings. The molecule has 186 valence electrons. The van der Waals surface area contributed by atoms with Crippen molar-refractivity contribution in [2.75, 3.05) is 38.0 Å². The van der Waals surface area contributed by atoms with Crippen molar-refractivity contribution < 1.29 is 14.7 Å². The molecule has 11 heteroatoms. The van der Waals surface area contributed by atoms with E-state index in [-0.39, 0.29) is 29.9 Å². The van der Waals surface area contributed by atoms with Gasteiger partial charge in [-0.25, -0.2) is 9.98 Å². The van der Waals surface area contributed by atoms with Gasteiger partial charge in [-0.05, 0) is 44.4 Å². The van der Waals surface area contributed by atoms with Gasteiger partial charge in [0.15, 0.2) is 0 Å². The average Bonchev–Trinajstić information content (AvgIpc) is 3.60. The van der Waals surface area contributed by atoms with E-state index in [1.54, 1.807) is 31.3 Å². The molecular weight excluding hydrogens is 466 g/mol. The fourth-order valence-electron chi connectivity index (χ4n) is 3.95. The van der Waals surface area contributed by atoms with Gasteiger partial charge in [-0.15, -0.1) is 0 Å². The number of hydrogen-bond donors (Lipinski definition) is 4. The van der Waals surface area contributed by atoms with Crippen LogP contribution in [0.25, 0.3) is 0 Å². The van der Waals surface area contributed by atoms with Gasteiger partial charge in [-0.3, -0.25) is 14.5 Å². The van der Waals surface area contributed by atoms with Crippen molar-refractivity contribution in [1.29, 1.82) is 0 Å². The highest BCUT2D eigenvalue weighted by molar-refractivity contribution is 7.17. The largest absolute Gasteiger partial charge is 0.508 e. The van der Waals surface area contributed by atoms with Crippen LogP contribution in [0.15, 0.2) is 35.6 Å². The number of aromatic nitrogens is 1. The molecular formula is C24H31N7O3S. The second kappa shape index (κ2) is 10.9. The average molecular weight is 498 g/mol. The molecule has 5 N–H and O–H groups in total. The third-order valence-corrected chi connectivity index (χ3v) is 7.07. The number of nitrogens with zero attached hydrogens (tertiary/aromatic N) is 4. The first-order valence-corrected chi connectivity index (χ1v) is 12.5. The van der Waals surface area contributed by atoms with Crippen LogP contribution in [-0.4, -0.2) is 76.3 Å². The van der Waals surface area contributed by atoms with Crippen LogP contribution in [0, 0.1) is 13.8 Å². The summed E-state index contributed by atoms with van der Waals surface area (Å²) in [5, 5.41) is 16.0. The molecule has 2 heterocycles. The predicted octanol–water partition coefficient (Wildman–Crippen LogP) is 2.12. The number of hydrogen-bond acceptors (Lipinski definition) is 8. The number of benzene rings is 1. The molecule has 1 aromatic heterocycles. The van der Waals surface area contributed by atoms with Crippen LogP contribution in [0.1, 0.15) is 33.6 Å². The predicted molar refractivity (Wildman–Crippen MR) is 137 cm³/mol. The van der Waals surface area contributed by atoms with E-state index >= 15 is 0 Å². The number of anilines is 1. The topological polar surface area (TPSA) is 136 Å². The van der Waals surface area contributed by atoms with Crippen molar-refractivity contribution in [2.24, 2.45) is 10.7 Å². The molecule has 2 amide bonds. The maximum absolute atomic E-state index is 12.6. The molecule has 1 saturated heterocycles. The van der Waals surface area contributed by atoms with E-state index in [4.69, 9.17) is 5.73 Å². The van der Waals surface area contributed by atoms with Crippen LogP contribution in [0.4, 0.5) is 10.8 Å². The van der Waals surface area contributed by atoms with Crippen molar-refractivity contribution in [3.63, 3.8) is 0 Å². The van der Waals surface area contributed by atoms with Crippen LogP contribution in [-0.2, 0) is 4.79 Å². The van der Waals surface area contributed by atoms with Crippen LogP contribution >= 0.6 is 11.3 Å². The Hall–Kier alpha value is -3.44.